The smallest absolute Gasteiger partial charge is 0.417 e. The molecule has 37 heavy (non-hydrogen) atoms. The van der Waals surface area contributed by atoms with Crippen molar-refractivity contribution in [2.75, 3.05) is 11.9 Å². The first-order valence-electron chi connectivity index (χ1n) is 11.8. The van der Waals surface area contributed by atoms with Gasteiger partial charge in [-0.15, -0.1) is 11.3 Å². The van der Waals surface area contributed by atoms with Crippen LogP contribution in [0.15, 0.2) is 12.3 Å². The van der Waals surface area contributed by atoms with Crippen molar-refractivity contribution in [3.63, 3.8) is 0 Å². The number of thiazole rings is 1. The standard InChI is InChI=1S/C23H24F6N4O3S/c1-3-15(23(27,28)29)31-16-9-14(22(24,25)26)13(10-30-16)18-17(32-19(37-18)21(35)36-4-2)20(34)33-11-5-6-12(33)8-7-11/h9-12,15H,3-8H2,1-2H3,(H,30,31)/t11?,12?,15-/m0/s1. The highest BCUT2D eigenvalue weighted by Crippen LogP contribution is 2.44. The SMILES string of the molecule is CCOC(=O)c1nc(C(=O)N2C3CCC2CC3)c(-c2cnc(N[C@@H](CC)C(F)(F)F)cc2C(F)(F)F)s1. The second-order valence-corrected chi connectivity index (χ2v) is 9.85. The van der Waals surface area contributed by atoms with Crippen LogP contribution in [0.2, 0.25) is 0 Å². The van der Waals surface area contributed by atoms with Gasteiger partial charge in [-0.05, 0) is 45.1 Å². The lowest BCUT2D eigenvalue weighted by Gasteiger charge is -2.23. The molecule has 2 bridgehead atoms. The molecule has 202 valence electrons. The minimum Gasteiger partial charge on any atom is -0.461 e. The number of esters is 1. The van der Waals surface area contributed by atoms with E-state index in [4.69, 9.17) is 4.74 Å². The normalized spacial score (nSPS) is 20.3. The molecule has 1 N–H and O–H groups in total. The number of carbonyl (C=O) groups is 2. The first-order valence-corrected chi connectivity index (χ1v) is 12.6. The highest BCUT2D eigenvalue weighted by Gasteiger charge is 2.45. The summed E-state index contributed by atoms with van der Waals surface area (Å²) in [6.07, 6.45) is -6.29. The molecule has 0 saturated carbocycles. The fourth-order valence-electron chi connectivity index (χ4n) is 4.84. The van der Waals surface area contributed by atoms with Gasteiger partial charge in [0.1, 0.15) is 17.6 Å². The Bertz CT molecular complexity index is 1160. The summed E-state index contributed by atoms with van der Waals surface area (Å²) in [6, 6.07) is -1.74. The molecule has 2 aliphatic rings. The molecule has 2 aliphatic heterocycles. The van der Waals surface area contributed by atoms with Crippen LogP contribution in [-0.2, 0) is 10.9 Å². The maximum atomic E-state index is 14.1. The molecule has 0 aliphatic carbocycles. The van der Waals surface area contributed by atoms with Crippen molar-refractivity contribution in [1.29, 1.82) is 0 Å². The first kappa shape index (κ1) is 27.1. The lowest BCUT2D eigenvalue weighted by molar-refractivity contribution is -0.142. The van der Waals surface area contributed by atoms with Crippen LogP contribution in [-0.4, -0.2) is 57.7 Å². The van der Waals surface area contributed by atoms with Gasteiger partial charge in [0.2, 0.25) is 5.01 Å². The Morgan fingerprint density at radius 2 is 1.76 bits per heavy atom. The van der Waals surface area contributed by atoms with Crippen LogP contribution < -0.4 is 5.32 Å². The summed E-state index contributed by atoms with van der Waals surface area (Å²) in [5, 5.41) is 1.70. The van der Waals surface area contributed by atoms with Crippen molar-refractivity contribution in [3.05, 3.63) is 28.5 Å². The van der Waals surface area contributed by atoms with E-state index in [0.29, 0.717) is 17.4 Å². The van der Waals surface area contributed by atoms with Gasteiger partial charge in [-0.1, -0.05) is 6.92 Å². The fourth-order valence-corrected chi connectivity index (χ4v) is 5.81. The average Bonchev–Trinajstić information content (AvgIpc) is 3.55. The molecule has 2 aromatic heterocycles. The van der Waals surface area contributed by atoms with Gasteiger partial charge in [0, 0.05) is 23.8 Å². The van der Waals surface area contributed by atoms with E-state index in [1.807, 2.05) is 5.32 Å². The topological polar surface area (TPSA) is 84.4 Å². The quantitative estimate of drug-likeness (QED) is 0.340. The predicted octanol–water partition coefficient (Wildman–Crippen LogP) is 5.92. The average molecular weight is 551 g/mol. The summed E-state index contributed by atoms with van der Waals surface area (Å²) >= 11 is 0.556. The van der Waals surface area contributed by atoms with E-state index in [2.05, 4.69) is 9.97 Å². The highest BCUT2D eigenvalue weighted by atomic mass is 32.1. The van der Waals surface area contributed by atoms with E-state index >= 15 is 0 Å². The van der Waals surface area contributed by atoms with Crippen LogP contribution in [0.1, 0.15) is 71.8 Å². The lowest BCUT2D eigenvalue weighted by atomic mass is 10.0. The Morgan fingerprint density at radius 1 is 1.14 bits per heavy atom. The number of nitrogens with zero attached hydrogens (tertiary/aromatic N) is 3. The van der Waals surface area contributed by atoms with Crippen LogP contribution >= 0.6 is 11.3 Å². The van der Waals surface area contributed by atoms with Gasteiger partial charge < -0.3 is 15.0 Å². The molecule has 4 heterocycles. The molecule has 1 amide bonds. The summed E-state index contributed by atoms with van der Waals surface area (Å²) in [6.45, 7) is 2.77. The van der Waals surface area contributed by atoms with E-state index in [0.717, 1.165) is 31.9 Å². The van der Waals surface area contributed by atoms with E-state index in [-0.39, 0.29) is 34.3 Å². The number of hydrogen-bond donors (Lipinski definition) is 1. The number of halogens is 6. The monoisotopic (exact) mass is 550 g/mol. The summed E-state index contributed by atoms with van der Waals surface area (Å²) in [5.41, 5.74) is -2.19. The van der Waals surface area contributed by atoms with Gasteiger partial charge in [0.15, 0.2) is 0 Å². The largest absolute Gasteiger partial charge is 0.461 e. The van der Waals surface area contributed by atoms with E-state index < -0.39 is 53.6 Å². The number of hydrogen-bond acceptors (Lipinski definition) is 7. The van der Waals surface area contributed by atoms with Crippen molar-refractivity contribution in [3.8, 4) is 10.4 Å². The van der Waals surface area contributed by atoms with Crippen LogP contribution in [0.4, 0.5) is 32.2 Å². The van der Waals surface area contributed by atoms with Crippen molar-refractivity contribution in [1.82, 2.24) is 14.9 Å². The Morgan fingerprint density at radius 3 is 2.27 bits per heavy atom. The fraction of sp³-hybridized carbons (Fsp3) is 0.565. The van der Waals surface area contributed by atoms with E-state index in [9.17, 15) is 35.9 Å². The number of nitrogens with one attached hydrogen (secondary N) is 1. The molecule has 2 fully saturated rings. The van der Waals surface area contributed by atoms with Gasteiger partial charge in [-0.2, -0.15) is 26.3 Å². The van der Waals surface area contributed by atoms with Crippen molar-refractivity contribution in [2.24, 2.45) is 0 Å². The Kier molecular flexibility index (Phi) is 7.41. The molecule has 2 aromatic rings. The van der Waals surface area contributed by atoms with Gasteiger partial charge >= 0.3 is 18.3 Å². The predicted molar refractivity (Wildman–Crippen MR) is 122 cm³/mol. The molecule has 0 unspecified atom stereocenters. The van der Waals surface area contributed by atoms with Gasteiger partial charge in [-0.25, -0.2) is 14.8 Å². The number of rotatable bonds is 7. The minimum absolute atomic E-state index is 0.0131. The van der Waals surface area contributed by atoms with Crippen LogP contribution in [0.3, 0.4) is 0 Å². The number of aromatic nitrogens is 2. The zero-order valence-corrected chi connectivity index (χ0v) is 20.7. The third-order valence-electron chi connectivity index (χ3n) is 6.55. The van der Waals surface area contributed by atoms with Gasteiger partial charge in [0.05, 0.1) is 17.0 Å². The summed E-state index contributed by atoms with van der Waals surface area (Å²) in [5.74, 6) is -2.11. The summed E-state index contributed by atoms with van der Waals surface area (Å²) in [4.78, 5) is 35.1. The second kappa shape index (κ2) is 10.1. The molecular formula is C23H24F6N4O3S. The molecule has 0 aromatic carbocycles. The molecule has 7 nitrogen and oxygen atoms in total. The Balaban J connectivity index is 1.81. The van der Waals surface area contributed by atoms with Crippen LogP contribution in [0, 0.1) is 0 Å². The van der Waals surface area contributed by atoms with Crippen LogP contribution in [0.5, 0.6) is 0 Å². The van der Waals surface area contributed by atoms with Crippen molar-refractivity contribution < 1.29 is 40.7 Å². The molecular weight excluding hydrogens is 526 g/mol. The molecule has 14 heteroatoms. The number of pyridine rings is 1. The van der Waals surface area contributed by atoms with Gasteiger partial charge in [-0.3, -0.25) is 4.79 Å². The maximum absolute atomic E-state index is 14.1. The number of fused-ring (bicyclic) bond motifs is 2. The number of carbonyl (C=O) groups excluding carboxylic acids is 2. The second-order valence-electron chi connectivity index (χ2n) is 8.85. The summed E-state index contributed by atoms with van der Waals surface area (Å²) < 4.78 is 86.9. The third-order valence-corrected chi connectivity index (χ3v) is 7.62. The Labute approximate surface area is 212 Å². The van der Waals surface area contributed by atoms with E-state index in [1.165, 1.54) is 6.92 Å². The molecule has 0 spiro atoms. The number of alkyl halides is 6. The van der Waals surface area contributed by atoms with E-state index in [1.54, 1.807) is 11.8 Å². The third kappa shape index (κ3) is 5.39. The van der Waals surface area contributed by atoms with Gasteiger partial charge in [0.25, 0.3) is 5.91 Å². The van der Waals surface area contributed by atoms with Crippen molar-refractivity contribution in [2.45, 2.75) is 76.4 Å². The zero-order valence-electron chi connectivity index (χ0n) is 19.9. The Hall–Kier alpha value is -2.90. The number of anilines is 1. The lowest BCUT2D eigenvalue weighted by Crippen LogP contribution is -2.36. The summed E-state index contributed by atoms with van der Waals surface area (Å²) in [7, 11) is 0. The molecule has 2 saturated heterocycles. The maximum Gasteiger partial charge on any atom is 0.417 e. The first-order chi connectivity index (χ1) is 17.3. The zero-order chi connectivity index (χ0) is 27.1. The number of amides is 1. The highest BCUT2D eigenvalue weighted by molar-refractivity contribution is 7.17. The minimum atomic E-state index is -5.00. The number of ether oxygens (including phenoxy) is 1. The molecule has 0 radical (unpaired) electrons. The molecule has 1 atom stereocenters. The van der Waals surface area contributed by atoms with Crippen molar-refractivity contribution >= 4 is 29.0 Å². The molecule has 4 rings (SSSR count). The van der Waals surface area contributed by atoms with Crippen LogP contribution in [0.25, 0.3) is 10.4 Å².